The molecule has 166 valence electrons. The van der Waals surface area contributed by atoms with E-state index < -0.39 is 5.54 Å². The third-order valence-electron chi connectivity index (χ3n) is 5.82. The molecule has 2 aromatic carbocycles. The largest absolute Gasteiger partial charge is 0.385 e. The Bertz CT molecular complexity index is 1110. The number of nitrogens with one attached hydrogen (secondary N) is 1. The number of carbonyl (C=O) groups is 2. The molecule has 32 heavy (non-hydrogen) atoms. The molecule has 0 aliphatic carbocycles. The number of benzene rings is 2. The van der Waals surface area contributed by atoms with Gasteiger partial charge in [-0.05, 0) is 38.5 Å². The van der Waals surface area contributed by atoms with Crippen molar-refractivity contribution < 1.29 is 14.3 Å². The highest BCUT2D eigenvalue weighted by Gasteiger charge is 2.48. The fourth-order valence-corrected chi connectivity index (χ4v) is 4.04. The number of hydrogen-bond donors (Lipinski definition) is 1. The van der Waals surface area contributed by atoms with E-state index in [0.29, 0.717) is 36.6 Å². The summed E-state index contributed by atoms with van der Waals surface area (Å²) in [5.74, 6) is -0.464. The molecule has 7 heteroatoms. The van der Waals surface area contributed by atoms with Crippen molar-refractivity contribution >= 4 is 17.5 Å². The van der Waals surface area contributed by atoms with Crippen LogP contribution in [-0.2, 0) is 16.1 Å². The van der Waals surface area contributed by atoms with Crippen LogP contribution < -0.4 is 10.2 Å². The van der Waals surface area contributed by atoms with Crippen LogP contribution in [0.2, 0.25) is 0 Å². The zero-order chi connectivity index (χ0) is 22.7. The fourth-order valence-electron chi connectivity index (χ4n) is 4.04. The SMILES string of the molecule is COCCCNC(=O)C1(C)Cn2nc(-c3ccccc3)cc2C(=O)N1c1ccc(C)cc1. The van der Waals surface area contributed by atoms with Crippen LogP contribution in [0.3, 0.4) is 0 Å². The van der Waals surface area contributed by atoms with Gasteiger partial charge < -0.3 is 10.1 Å². The summed E-state index contributed by atoms with van der Waals surface area (Å²) < 4.78 is 6.73. The van der Waals surface area contributed by atoms with E-state index >= 15 is 0 Å². The predicted octanol–water partition coefficient (Wildman–Crippen LogP) is 3.43. The molecule has 0 radical (unpaired) electrons. The summed E-state index contributed by atoms with van der Waals surface area (Å²) in [6, 6.07) is 19.2. The van der Waals surface area contributed by atoms with E-state index in [-0.39, 0.29) is 18.4 Å². The molecule has 1 unspecified atom stereocenters. The van der Waals surface area contributed by atoms with Gasteiger partial charge in [0.2, 0.25) is 5.91 Å². The van der Waals surface area contributed by atoms with Crippen molar-refractivity contribution in [2.75, 3.05) is 25.2 Å². The predicted molar refractivity (Wildman–Crippen MR) is 124 cm³/mol. The molecule has 0 saturated heterocycles. The minimum absolute atomic E-state index is 0.218. The van der Waals surface area contributed by atoms with Gasteiger partial charge in [0.1, 0.15) is 11.2 Å². The van der Waals surface area contributed by atoms with Crippen molar-refractivity contribution in [3.8, 4) is 11.3 Å². The van der Waals surface area contributed by atoms with Crippen LogP contribution >= 0.6 is 0 Å². The molecule has 0 spiro atoms. The van der Waals surface area contributed by atoms with Gasteiger partial charge in [0.25, 0.3) is 5.91 Å². The van der Waals surface area contributed by atoms with E-state index in [1.54, 1.807) is 29.7 Å². The lowest BCUT2D eigenvalue weighted by atomic mass is 9.93. The highest BCUT2D eigenvalue weighted by molar-refractivity contribution is 6.12. The molecular formula is C25H28N4O3. The van der Waals surface area contributed by atoms with Gasteiger partial charge in [0.05, 0.1) is 12.2 Å². The monoisotopic (exact) mass is 432 g/mol. The summed E-state index contributed by atoms with van der Waals surface area (Å²) in [5, 5.41) is 7.65. The highest BCUT2D eigenvalue weighted by Crippen LogP contribution is 2.34. The first kappa shape index (κ1) is 21.8. The quantitative estimate of drug-likeness (QED) is 0.581. The number of carbonyl (C=O) groups excluding carboxylic acids is 2. The van der Waals surface area contributed by atoms with Crippen molar-refractivity contribution in [3.05, 3.63) is 71.9 Å². The number of fused-ring (bicyclic) bond motifs is 1. The molecule has 7 nitrogen and oxygen atoms in total. The second kappa shape index (κ2) is 8.96. The van der Waals surface area contributed by atoms with Gasteiger partial charge in [-0.3, -0.25) is 19.2 Å². The van der Waals surface area contributed by atoms with Crippen molar-refractivity contribution in [1.29, 1.82) is 0 Å². The summed E-state index contributed by atoms with van der Waals surface area (Å²) in [6.45, 7) is 5.07. The Labute approximate surface area is 188 Å². The average Bonchev–Trinajstić information content (AvgIpc) is 3.22. The number of aromatic nitrogens is 2. The van der Waals surface area contributed by atoms with Gasteiger partial charge in [-0.15, -0.1) is 0 Å². The van der Waals surface area contributed by atoms with Gasteiger partial charge in [-0.2, -0.15) is 5.10 Å². The van der Waals surface area contributed by atoms with E-state index in [4.69, 9.17) is 4.74 Å². The third kappa shape index (κ3) is 4.03. The smallest absolute Gasteiger partial charge is 0.277 e. The van der Waals surface area contributed by atoms with E-state index in [0.717, 1.165) is 11.1 Å². The number of ether oxygens (including phenoxy) is 1. The fraction of sp³-hybridized carbons (Fsp3) is 0.320. The third-order valence-corrected chi connectivity index (χ3v) is 5.82. The lowest BCUT2D eigenvalue weighted by Gasteiger charge is -2.43. The van der Waals surface area contributed by atoms with Gasteiger partial charge in [-0.1, -0.05) is 48.0 Å². The zero-order valence-corrected chi connectivity index (χ0v) is 18.7. The van der Waals surface area contributed by atoms with Crippen LogP contribution in [0.25, 0.3) is 11.3 Å². The maximum atomic E-state index is 13.7. The first-order valence-corrected chi connectivity index (χ1v) is 10.8. The number of rotatable bonds is 7. The number of nitrogens with zero attached hydrogens (tertiary/aromatic N) is 3. The molecule has 1 N–H and O–H groups in total. The highest BCUT2D eigenvalue weighted by atomic mass is 16.5. The molecule has 4 rings (SSSR count). The molecule has 0 saturated carbocycles. The molecule has 0 fully saturated rings. The number of anilines is 1. The van der Waals surface area contributed by atoms with Crippen LogP contribution in [0.5, 0.6) is 0 Å². The maximum Gasteiger partial charge on any atom is 0.277 e. The summed E-state index contributed by atoms with van der Waals surface area (Å²) in [5.41, 5.74) is 2.74. The number of aryl methyl sites for hydroxylation is 1. The van der Waals surface area contributed by atoms with E-state index in [2.05, 4.69) is 10.4 Å². The minimum atomic E-state index is -1.13. The molecule has 0 bridgehead atoms. The molecule has 3 aromatic rings. The molecular weight excluding hydrogens is 404 g/mol. The summed E-state index contributed by atoms with van der Waals surface area (Å²) in [6.07, 6.45) is 0.696. The average molecular weight is 433 g/mol. The van der Waals surface area contributed by atoms with Gasteiger partial charge in [0.15, 0.2) is 0 Å². The Morgan fingerprint density at radius 1 is 1.16 bits per heavy atom. The van der Waals surface area contributed by atoms with E-state index in [1.165, 1.54) is 0 Å². The molecule has 2 heterocycles. The number of amides is 2. The summed E-state index contributed by atoms with van der Waals surface area (Å²) in [7, 11) is 1.63. The number of hydrogen-bond acceptors (Lipinski definition) is 4. The second-order valence-electron chi connectivity index (χ2n) is 8.29. The molecule has 2 amide bonds. The van der Waals surface area contributed by atoms with E-state index in [1.807, 2.05) is 61.5 Å². The van der Waals surface area contributed by atoms with Crippen LogP contribution in [-0.4, -0.2) is 47.4 Å². The topological polar surface area (TPSA) is 76.5 Å². The Hall–Kier alpha value is -3.45. The number of methoxy groups -OCH3 is 1. The van der Waals surface area contributed by atoms with Crippen molar-refractivity contribution in [2.24, 2.45) is 0 Å². The van der Waals surface area contributed by atoms with Crippen molar-refractivity contribution in [3.63, 3.8) is 0 Å². The second-order valence-corrected chi connectivity index (χ2v) is 8.29. The van der Waals surface area contributed by atoms with Crippen LogP contribution in [0.1, 0.15) is 29.4 Å². The van der Waals surface area contributed by atoms with E-state index in [9.17, 15) is 9.59 Å². The Morgan fingerprint density at radius 2 is 1.88 bits per heavy atom. The van der Waals surface area contributed by atoms with Crippen molar-refractivity contribution in [1.82, 2.24) is 15.1 Å². The van der Waals surface area contributed by atoms with Crippen LogP contribution in [0.15, 0.2) is 60.7 Å². The molecule has 1 atom stereocenters. The Balaban J connectivity index is 1.74. The standard InChI is InChI=1S/C25H28N4O3/c1-18-10-12-20(13-11-18)29-23(30)22-16-21(19-8-5-4-6-9-19)27-28(22)17-25(29,2)24(31)26-14-7-15-32-3/h4-6,8-13,16H,7,14-15,17H2,1-3H3,(H,26,31). The molecule has 1 aromatic heterocycles. The Morgan fingerprint density at radius 3 is 2.56 bits per heavy atom. The van der Waals surface area contributed by atoms with Gasteiger partial charge >= 0.3 is 0 Å². The lowest BCUT2D eigenvalue weighted by Crippen LogP contribution is -2.64. The van der Waals surface area contributed by atoms with Gasteiger partial charge in [-0.25, -0.2) is 0 Å². The lowest BCUT2D eigenvalue weighted by molar-refractivity contribution is -0.126. The first-order chi connectivity index (χ1) is 15.4. The summed E-state index contributed by atoms with van der Waals surface area (Å²) >= 11 is 0. The first-order valence-electron chi connectivity index (χ1n) is 10.8. The maximum absolute atomic E-state index is 13.7. The van der Waals surface area contributed by atoms with Gasteiger partial charge in [0, 0.05) is 31.5 Å². The zero-order valence-electron chi connectivity index (χ0n) is 18.7. The summed E-state index contributed by atoms with van der Waals surface area (Å²) in [4.78, 5) is 28.7. The van der Waals surface area contributed by atoms with Crippen molar-refractivity contribution in [2.45, 2.75) is 32.4 Å². The van der Waals surface area contributed by atoms with Crippen LogP contribution in [0.4, 0.5) is 5.69 Å². The minimum Gasteiger partial charge on any atom is -0.385 e. The molecule has 1 aliphatic rings. The van der Waals surface area contributed by atoms with Crippen LogP contribution in [0, 0.1) is 6.92 Å². The molecule has 1 aliphatic heterocycles. The normalized spacial score (nSPS) is 17.8. The Kier molecular flexibility index (Phi) is 6.10.